The SMILES string of the molecule is CN(C)C(=O)C1CCCN1c1ccc(Cl)cc1[N+](=O)[O-]. The molecule has 0 N–H and O–H groups in total. The van der Waals surface area contributed by atoms with Gasteiger partial charge in [-0.3, -0.25) is 14.9 Å². The average molecular weight is 298 g/mol. The Labute approximate surface area is 122 Å². The quantitative estimate of drug-likeness (QED) is 0.634. The maximum Gasteiger partial charge on any atom is 0.294 e. The normalized spacial score (nSPS) is 18.1. The summed E-state index contributed by atoms with van der Waals surface area (Å²) < 4.78 is 0. The van der Waals surface area contributed by atoms with Crippen LogP contribution in [0.1, 0.15) is 12.8 Å². The van der Waals surface area contributed by atoms with Crippen LogP contribution in [-0.2, 0) is 4.79 Å². The van der Waals surface area contributed by atoms with Crippen LogP contribution in [-0.4, -0.2) is 42.4 Å². The van der Waals surface area contributed by atoms with Gasteiger partial charge in [0.05, 0.1) is 4.92 Å². The Morgan fingerprint density at radius 2 is 2.20 bits per heavy atom. The number of rotatable bonds is 3. The highest BCUT2D eigenvalue weighted by Crippen LogP contribution is 2.35. The number of amides is 1. The molecular weight excluding hydrogens is 282 g/mol. The molecule has 0 bridgehead atoms. The number of halogens is 1. The zero-order valence-corrected chi connectivity index (χ0v) is 12.1. The van der Waals surface area contributed by atoms with Gasteiger partial charge in [-0.15, -0.1) is 0 Å². The van der Waals surface area contributed by atoms with Crippen molar-refractivity contribution in [2.24, 2.45) is 0 Å². The molecule has 2 rings (SSSR count). The van der Waals surface area contributed by atoms with E-state index in [2.05, 4.69) is 0 Å². The number of likely N-dealkylation sites (N-methyl/N-ethyl adjacent to an activating group) is 1. The fourth-order valence-corrected chi connectivity index (χ4v) is 2.66. The molecule has 1 unspecified atom stereocenters. The van der Waals surface area contributed by atoms with Crippen LogP contribution in [0.15, 0.2) is 18.2 Å². The third kappa shape index (κ3) is 2.70. The van der Waals surface area contributed by atoms with Crippen molar-refractivity contribution in [1.82, 2.24) is 4.90 Å². The van der Waals surface area contributed by atoms with E-state index in [1.807, 2.05) is 0 Å². The van der Waals surface area contributed by atoms with Gasteiger partial charge in [-0.05, 0) is 25.0 Å². The Bertz CT molecular complexity index is 548. The molecule has 1 aliphatic rings. The third-order valence-electron chi connectivity index (χ3n) is 3.42. The lowest BCUT2D eigenvalue weighted by Gasteiger charge is -2.27. The van der Waals surface area contributed by atoms with Crippen LogP contribution in [0.2, 0.25) is 5.02 Å². The molecular formula is C13H16ClN3O3. The fraction of sp³-hybridized carbons (Fsp3) is 0.462. The Kier molecular flexibility index (Phi) is 4.13. The third-order valence-corrected chi connectivity index (χ3v) is 3.66. The van der Waals surface area contributed by atoms with Gasteiger partial charge in [-0.1, -0.05) is 11.6 Å². The van der Waals surface area contributed by atoms with E-state index in [1.54, 1.807) is 31.1 Å². The molecule has 0 spiro atoms. The zero-order chi connectivity index (χ0) is 14.9. The summed E-state index contributed by atoms with van der Waals surface area (Å²) in [7, 11) is 3.38. The minimum absolute atomic E-state index is 0.0354. The Balaban J connectivity index is 2.40. The maximum absolute atomic E-state index is 12.2. The summed E-state index contributed by atoms with van der Waals surface area (Å²) >= 11 is 5.82. The second kappa shape index (κ2) is 5.66. The van der Waals surface area contributed by atoms with Crippen molar-refractivity contribution in [1.29, 1.82) is 0 Å². The summed E-state index contributed by atoms with van der Waals surface area (Å²) in [6, 6.07) is 4.21. The molecule has 7 heteroatoms. The molecule has 0 aromatic heterocycles. The number of nitro benzene ring substituents is 1. The number of nitro groups is 1. The summed E-state index contributed by atoms with van der Waals surface area (Å²) in [4.78, 5) is 26.2. The first kappa shape index (κ1) is 14.6. The molecule has 1 fully saturated rings. The second-order valence-electron chi connectivity index (χ2n) is 4.97. The highest BCUT2D eigenvalue weighted by molar-refractivity contribution is 6.30. The van der Waals surface area contributed by atoms with Gasteiger partial charge in [0.25, 0.3) is 5.69 Å². The van der Waals surface area contributed by atoms with Crippen molar-refractivity contribution in [2.75, 3.05) is 25.5 Å². The van der Waals surface area contributed by atoms with Crippen LogP contribution >= 0.6 is 11.6 Å². The van der Waals surface area contributed by atoms with Crippen molar-refractivity contribution >= 4 is 28.9 Å². The van der Waals surface area contributed by atoms with Crippen molar-refractivity contribution in [3.63, 3.8) is 0 Å². The van der Waals surface area contributed by atoms with Gasteiger partial charge in [0, 0.05) is 31.7 Å². The molecule has 0 aliphatic carbocycles. The van der Waals surface area contributed by atoms with E-state index in [-0.39, 0.29) is 17.6 Å². The van der Waals surface area contributed by atoms with E-state index in [4.69, 9.17) is 11.6 Å². The summed E-state index contributed by atoms with van der Waals surface area (Å²) in [6.45, 7) is 0.632. The number of anilines is 1. The molecule has 1 heterocycles. The van der Waals surface area contributed by atoms with E-state index in [9.17, 15) is 14.9 Å². The van der Waals surface area contributed by atoms with Gasteiger partial charge in [0.1, 0.15) is 11.7 Å². The predicted molar refractivity (Wildman–Crippen MR) is 77.2 cm³/mol. The Hall–Kier alpha value is -1.82. The number of carbonyl (C=O) groups excluding carboxylic acids is 1. The summed E-state index contributed by atoms with van der Waals surface area (Å²) in [6.07, 6.45) is 1.54. The monoisotopic (exact) mass is 297 g/mol. The van der Waals surface area contributed by atoms with Crippen molar-refractivity contribution in [2.45, 2.75) is 18.9 Å². The average Bonchev–Trinajstić information content (AvgIpc) is 2.86. The van der Waals surface area contributed by atoms with Crippen LogP contribution in [0.4, 0.5) is 11.4 Å². The minimum Gasteiger partial charge on any atom is -0.354 e. The number of carbonyl (C=O) groups is 1. The van der Waals surface area contributed by atoms with E-state index < -0.39 is 4.92 Å². The predicted octanol–water partition coefficient (Wildman–Crippen LogP) is 2.31. The molecule has 0 radical (unpaired) electrons. The Morgan fingerprint density at radius 1 is 1.50 bits per heavy atom. The Morgan fingerprint density at radius 3 is 2.80 bits per heavy atom. The summed E-state index contributed by atoms with van der Waals surface area (Å²) in [5.41, 5.74) is 0.396. The van der Waals surface area contributed by atoms with Crippen LogP contribution in [0.3, 0.4) is 0 Å². The first-order valence-electron chi connectivity index (χ1n) is 6.33. The van der Waals surface area contributed by atoms with E-state index in [1.165, 1.54) is 11.0 Å². The lowest BCUT2D eigenvalue weighted by molar-refractivity contribution is -0.384. The highest BCUT2D eigenvalue weighted by atomic mass is 35.5. The van der Waals surface area contributed by atoms with Gasteiger partial charge in [-0.2, -0.15) is 0 Å². The number of benzene rings is 1. The fourth-order valence-electron chi connectivity index (χ4n) is 2.50. The molecule has 1 amide bonds. The van der Waals surface area contributed by atoms with E-state index >= 15 is 0 Å². The van der Waals surface area contributed by atoms with Gasteiger partial charge >= 0.3 is 0 Å². The first-order chi connectivity index (χ1) is 9.41. The van der Waals surface area contributed by atoms with Crippen LogP contribution in [0.5, 0.6) is 0 Å². The number of nitrogens with zero attached hydrogens (tertiary/aromatic N) is 3. The molecule has 1 aromatic carbocycles. The smallest absolute Gasteiger partial charge is 0.294 e. The minimum atomic E-state index is -0.462. The molecule has 6 nitrogen and oxygen atoms in total. The maximum atomic E-state index is 12.2. The van der Waals surface area contributed by atoms with Gasteiger partial charge in [0.15, 0.2) is 0 Å². The van der Waals surface area contributed by atoms with E-state index in [0.717, 1.165) is 6.42 Å². The molecule has 1 aromatic rings. The van der Waals surface area contributed by atoms with Crippen LogP contribution in [0.25, 0.3) is 0 Å². The highest BCUT2D eigenvalue weighted by Gasteiger charge is 2.35. The lowest BCUT2D eigenvalue weighted by atomic mass is 10.1. The number of hydrogen-bond donors (Lipinski definition) is 0. The molecule has 1 atom stereocenters. The zero-order valence-electron chi connectivity index (χ0n) is 11.4. The molecule has 20 heavy (non-hydrogen) atoms. The van der Waals surface area contributed by atoms with Gasteiger partial charge in [0.2, 0.25) is 5.91 Å². The summed E-state index contributed by atoms with van der Waals surface area (Å²) in [5, 5.41) is 11.5. The van der Waals surface area contributed by atoms with Crippen LogP contribution in [0, 0.1) is 10.1 Å². The van der Waals surface area contributed by atoms with Crippen molar-refractivity contribution < 1.29 is 9.72 Å². The topological polar surface area (TPSA) is 66.7 Å². The second-order valence-corrected chi connectivity index (χ2v) is 5.41. The molecule has 0 saturated carbocycles. The molecule has 108 valence electrons. The van der Waals surface area contributed by atoms with Gasteiger partial charge in [-0.25, -0.2) is 0 Å². The largest absolute Gasteiger partial charge is 0.354 e. The van der Waals surface area contributed by atoms with Gasteiger partial charge < -0.3 is 9.80 Å². The first-order valence-corrected chi connectivity index (χ1v) is 6.71. The van der Waals surface area contributed by atoms with E-state index in [0.29, 0.717) is 23.7 Å². The standard InChI is InChI=1S/C13H16ClN3O3/c1-15(2)13(18)11-4-3-7-16(11)10-6-5-9(14)8-12(10)17(19)20/h5-6,8,11H,3-4,7H2,1-2H3. The summed E-state index contributed by atoms with van der Waals surface area (Å²) in [5.74, 6) is -0.0354. The number of hydrogen-bond acceptors (Lipinski definition) is 4. The van der Waals surface area contributed by atoms with Crippen molar-refractivity contribution in [3.8, 4) is 0 Å². The molecule has 1 aliphatic heterocycles. The lowest BCUT2D eigenvalue weighted by Crippen LogP contribution is -2.43. The van der Waals surface area contributed by atoms with Crippen molar-refractivity contribution in [3.05, 3.63) is 33.3 Å². The van der Waals surface area contributed by atoms with Crippen LogP contribution < -0.4 is 4.90 Å². The molecule has 1 saturated heterocycles.